The summed E-state index contributed by atoms with van der Waals surface area (Å²) < 4.78 is 12.0. The highest BCUT2D eigenvalue weighted by molar-refractivity contribution is 6.62. The maximum atomic E-state index is 11.4. The fourth-order valence-electron chi connectivity index (χ4n) is 2.21. The van der Waals surface area contributed by atoms with Gasteiger partial charge in [0.1, 0.15) is 0 Å². The Morgan fingerprint density at radius 2 is 1.74 bits per heavy atom. The normalized spacial score (nSPS) is 22.9. The van der Waals surface area contributed by atoms with Crippen LogP contribution in [0.5, 0.6) is 0 Å². The molecule has 1 aromatic rings. The summed E-state index contributed by atoms with van der Waals surface area (Å²) >= 11 is 0. The lowest BCUT2D eigenvalue weighted by Gasteiger charge is -2.32. The second-order valence-corrected chi connectivity index (χ2v) is 6.00. The van der Waals surface area contributed by atoms with Gasteiger partial charge in [-0.25, -0.2) is 4.99 Å². The lowest BCUT2D eigenvalue weighted by Crippen LogP contribution is -2.41. The zero-order valence-electron chi connectivity index (χ0n) is 11.6. The molecule has 98 valence electrons. The topological polar surface area (TPSA) is 47.9 Å². The fraction of sp³-hybridized carbons (Fsp3) is 0.429. The molecule has 1 aromatic carbocycles. The molecule has 5 heteroatoms. The first-order valence-corrected chi connectivity index (χ1v) is 6.38. The van der Waals surface area contributed by atoms with Gasteiger partial charge in [0.05, 0.1) is 16.8 Å². The summed E-state index contributed by atoms with van der Waals surface area (Å²) in [5, 5.41) is 0. The fourth-order valence-corrected chi connectivity index (χ4v) is 2.21. The van der Waals surface area contributed by atoms with Crippen LogP contribution in [-0.4, -0.2) is 30.4 Å². The van der Waals surface area contributed by atoms with E-state index in [1.807, 2.05) is 39.8 Å². The predicted molar refractivity (Wildman–Crippen MR) is 74.1 cm³/mol. The molecule has 3 rings (SSSR count). The molecule has 1 amide bonds. The third kappa shape index (κ3) is 1.85. The SMILES string of the molecule is CC1(C)OB(c2ccc3c(c2)C=NC3=O)OC1(C)C. The van der Waals surface area contributed by atoms with E-state index in [0.717, 1.165) is 11.0 Å². The second kappa shape index (κ2) is 3.77. The third-order valence-electron chi connectivity index (χ3n) is 4.15. The quantitative estimate of drug-likeness (QED) is 0.717. The lowest BCUT2D eigenvalue weighted by molar-refractivity contribution is 0.00578. The van der Waals surface area contributed by atoms with Gasteiger partial charge in [-0.15, -0.1) is 0 Å². The van der Waals surface area contributed by atoms with Crippen LogP contribution in [0, 0.1) is 0 Å². The molecule has 0 aromatic heterocycles. The van der Waals surface area contributed by atoms with Crippen LogP contribution in [0.4, 0.5) is 0 Å². The van der Waals surface area contributed by atoms with E-state index < -0.39 is 7.12 Å². The average Bonchev–Trinajstić information content (AvgIpc) is 2.78. The van der Waals surface area contributed by atoms with E-state index in [9.17, 15) is 4.79 Å². The van der Waals surface area contributed by atoms with E-state index in [1.54, 1.807) is 12.3 Å². The molecule has 2 aliphatic rings. The molecular formula is C14H16BNO3. The molecule has 0 spiro atoms. The largest absolute Gasteiger partial charge is 0.494 e. The van der Waals surface area contributed by atoms with Crippen molar-refractivity contribution in [1.29, 1.82) is 0 Å². The van der Waals surface area contributed by atoms with Gasteiger partial charge in [-0.1, -0.05) is 12.1 Å². The van der Waals surface area contributed by atoms with Gasteiger partial charge in [0.15, 0.2) is 0 Å². The maximum absolute atomic E-state index is 11.4. The number of amides is 1. The van der Waals surface area contributed by atoms with E-state index in [2.05, 4.69) is 4.99 Å². The number of carbonyl (C=O) groups is 1. The van der Waals surface area contributed by atoms with E-state index in [0.29, 0.717) is 5.56 Å². The van der Waals surface area contributed by atoms with Crippen molar-refractivity contribution in [3.63, 3.8) is 0 Å². The van der Waals surface area contributed by atoms with Crippen molar-refractivity contribution in [1.82, 2.24) is 0 Å². The van der Waals surface area contributed by atoms with Crippen LogP contribution < -0.4 is 5.46 Å². The van der Waals surface area contributed by atoms with Crippen molar-refractivity contribution in [2.24, 2.45) is 4.99 Å². The van der Waals surface area contributed by atoms with Crippen LogP contribution >= 0.6 is 0 Å². The Balaban J connectivity index is 1.94. The summed E-state index contributed by atoms with van der Waals surface area (Å²) in [7, 11) is -0.403. The summed E-state index contributed by atoms with van der Waals surface area (Å²) in [6.07, 6.45) is 1.59. The smallest absolute Gasteiger partial charge is 0.399 e. The lowest BCUT2D eigenvalue weighted by atomic mass is 9.78. The Kier molecular flexibility index (Phi) is 2.50. The van der Waals surface area contributed by atoms with Gasteiger partial charge < -0.3 is 9.31 Å². The van der Waals surface area contributed by atoms with Crippen LogP contribution in [0.1, 0.15) is 43.6 Å². The van der Waals surface area contributed by atoms with Crippen LogP contribution in [0.25, 0.3) is 0 Å². The molecule has 1 fully saturated rings. The number of nitrogens with zero attached hydrogens (tertiary/aromatic N) is 1. The van der Waals surface area contributed by atoms with Gasteiger partial charge in [-0.05, 0) is 39.2 Å². The minimum Gasteiger partial charge on any atom is -0.399 e. The molecule has 1 saturated heterocycles. The van der Waals surface area contributed by atoms with Crippen LogP contribution in [0.3, 0.4) is 0 Å². The number of aliphatic imine (C=N–C) groups is 1. The van der Waals surface area contributed by atoms with Crippen molar-refractivity contribution >= 4 is 24.7 Å². The Morgan fingerprint density at radius 3 is 2.37 bits per heavy atom. The van der Waals surface area contributed by atoms with E-state index >= 15 is 0 Å². The molecule has 0 saturated carbocycles. The highest BCUT2D eigenvalue weighted by Crippen LogP contribution is 2.36. The Labute approximate surface area is 113 Å². The monoisotopic (exact) mass is 257 g/mol. The van der Waals surface area contributed by atoms with Crippen molar-refractivity contribution < 1.29 is 14.1 Å². The van der Waals surface area contributed by atoms with E-state index in [-0.39, 0.29) is 17.1 Å². The Hall–Kier alpha value is -1.46. The van der Waals surface area contributed by atoms with Crippen molar-refractivity contribution in [2.45, 2.75) is 38.9 Å². The van der Waals surface area contributed by atoms with Crippen LogP contribution in [0.15, 0.2) is 23.2 Å². The Bertz CT molecular complexity index is 576. The molecule has 19 heavy (non-hydrogen) atoms. The highest BCUT2D eigenvalue weighted by Gasteiger charge is 2.51. The van der Waals surface area contributed by atoms with Gasteiger partial charge in [0.25, 0.3) is 5.91 Å². The third-order valence-corrected chi connectivity index (χ3v) is 4.15. The zero-order valence-corrected chi connectivity index (χ0v) is 11.6. The van der Waals surface area contributed by atoms with Crippen molar-refractivity contribution in [2.75, 3.05) is 0 Å². The number of fused-ring (bicyclic) bond motifs is 1. The summed E-state index contributed by atoms with van der Waals surface area (Å²) in [6, 6.07) is 5.56. The number of hydrogen-bond acceptors (Lipinski definition) is 3. The zero-order chi connectivity index (χ0) is 13.8. The number of rotatable bonds is 1. The standard InChI is InChI=1S/C14H16BNO3/c1-13(2)14(3,4)19-15(18-13)10-5-6-11-9(7-10)8-16-12(11)17/h5-8H,1-4H3. The average molecular weight is 257 g/mol. The first-order valence-electron chi connectivity index (χ1n) is 6.38. The van der Waals surface area contributed by atoms with Gasteiger partial charge >= 0.3 is 7.12 Å². The molecule has 4 nitrogen and oxygen atoms in total. The maximum Gasteiger partial charge on any atom is 0.494 e. The minimum absolute atomic E-state index is 0.185. The summed E-state index contributed by atoms with van der Waals surface area (Å²) in [5.74, 6) is -0.185. The van der Waals surface area contributed by atoms with Crippen molar-refractivity contribution in [3.05, 3.63) is 29.3 Å². The van der Waals surface area contributed by atoms with E-state index in [1.165, 1.54) is 0 Å². The van der Waals surface area contributed by atoms with Gasteiger partial charge in [-0.2, -0.15) is 0 Å². The van der Waals surface area contributed by atoms with Crippen LogP contribution in [0.2, 0.25) is 0 Å². The highest BCUT2D eigenvalue weighted by atomic mass is 16.7. The number of benzene rings is 1. The van der Waals surface area contributed by atoms with Crippen LogP contribution in [-0.2, 0) is 9.31 Å². The van der Waals surface area contributed by atoms with E-state index in [4.69, 9.17) is 9.31 Å². The molecule has 0 bridgehead atoms. The molecule has 2 aliphatic heterocycles. The first-order chi connectivity index (χ1) is 8.80. The van der Waals surface area contributed by atoms with Gasteiger partial charge in [0, 0.05) is 11.8 Å². The predicted octanol–water partition coefficient (Wildman–Crippen LogP) is 1.56. The first kappa shape index (κ1) is 12.6. The van der Waals surface area contributed by atoms with Gasteiger partial charge in [0.2, 0.25) is 0 Å². The number of hydrogen-bond donors (Lipinski definition) is 0. The van der Waals surface area contributed by atoms with Crippen molar-refractivity contribution in [3.8, 4) is 0 Å². The molecule has 0 radical (unpaired) electrons. The molecule has 2 heterocycles. The second-order valence-electron chi connectivity index (χ2n) is 6.00. The minimum atomic E-state index is -0.403. The molecule has 0 N–H and O–H groups in total. The summed E-state index contributed by atoms with van der Waals surface area (Å²) in [4.78, 5) is 15.2. The summed E-state index contributed by atoms with van der Waals surface area (Å²) in [6.45, 7) is 8.08. The molecular weight excluding hydrogens is 241 g/mol. The molecule has 0 aliphatic carbocycles. The molecule has 0 atom stereocenters. The molecule has 0 unspecified atom stereocenters. The number of carbonyl (C=O) groups excluding carboxylic acids is 1. The van der Waals surface area contributed by atoms with Gasteiger partial charge in [-0.3, -0.25) is 4.79 Å². The summed E-state index contributed by atoms with van der Waals surface area (Å²) in [5.41, 5.74) is 1.66. The Morgan fingerprint density at radius 1 is 1.11 bits per heavy atom.